The molecule has 0 amide bonds. The van der Waals surface area contributed by atoms with Crippen LogP contribution in [0.1, 0.15) is 32.1 Å². The molecule has 0 aromatic rings. The maximum absolute atomic E-state index is 3.20. The quantitative estimate of drug-likeness (QED) is 0.699. The van der Waals surface area contributed by atoms with Gasteiger partial charge in [0.15, 0.2) is 0 Å². The van der Waals surface area contributed by atoms with Crippen molar-refractivity contribution < 1.29 is 0 Å². The average Bonchev–Trinajstić information content (AvgIpc) is 2.21. The molecule has 4 fully saturated rings. The molecule has 15 heavy (non-hydrogen) atoms. The first kappa shape index (κ1) is 9.89. The van der Waals surface area contributed by atoms with Crippen LogP contribution in [0.5, 0.6) is 0 Å². The number of allylic oxidation sites excluding steroid dienone is 1. The molecule has 1 heteroatoms. The smallest absolute Gasteiger partial charge is 0.0131 e. The molecule has 84 valence electrons. The monoisotopic (exact) mass is 205 g/mol. The summed E-state index contributed by atoms with van der Waals surface area (Å²) in [5.41, 5.74) is 0. The molecular weight excluding hydrogens is 182 g/mol. The van der Waals surface area contributed by atoms with E-state index in [-0.39, 0.29) is 0 Å². The van der Waals surface area contributed by atoms with Crippen molar-refractivity contribution in [3.63, 3.8) is 0 Å². The van der Waals surface area contributed by atoms with Crippen molar-refractivity contribution in [1.29, 1.82) is 0 Å². The first-order valence-corrected chi connectivity index (χ1v) is 6.68. The summed E-state index contributed by atoms with van der Waals surface area (Å²) in [5.74, 6) is 5.26. The van der Waals surface area contributed by atoms with Crippen molar-refractivity contribution in [2.24, 2.45) is 29.6 Å². The molecule has 0 heterocycles. The van der Waals surface area contributed by atoms with E-state index >= 15 is 0 Å². The van der Waals surface area contributed by atoms with E-state index in [0.29, 0.717) is 0 Å². The second kappa shape index (κ2) is 3.93. The van der Waals surface area contributed by atoms with Gasteiger partial charge in [0.25, 0.3) is 0 Å². The lowest BCUT2D eigenvalue weighted by molar-refractivity contribution is -0.0162. The zero-order chi connectivity index (χ0) is 10.3. The van der Waals surface area contributed by atoms with E-state index in [2.05, 4.69) is 17.5 Å². The largest absolute Gasteiger partial charge is 0.316 e. The number of rotatable bonds is 3. The minimum Gasteiger partial charge on any atom is -0.316 e. The number of nitrogens with one attached hydrogen (secondary N) is 1. The van der Waals surface area contributed by atoms with Crippen LogP contribution < -0.4 is 5.32 Å². The fourth-order valence-electron chi connectivity index (χ4n) is 4.62. The molecule has 4 aliphatic carbocycles. The standard InChI is InChI=1S/C14H23N/c1-15-4-2-3-14-12-6-10-5-11(8-12)9-13(14)7-10/h2-3,10-15H,4-9H2,1H3/b3-2+. The Morgan fingerprint density at radius 1 is 1.00 bits per heavy atom. The highest BCUT2D eigenvalue weighted by atomic mass is 14.8. The SMILES string of the molecule is CNC/C=C/C1C2CC3CC(C2)CC1C3. The van der Waals surface area contributed by atoms with Gasteiger partial charge in [0.05, 0.1) is 0 Å². The van der Waals surface area contributed by atoms with Crippen LogP contribution >= 0.6 is 0 Å². The Bertz CT molecular complexity index is 228. The topological polar surface area (TPSA) is 12.0 Å². The summed E-state index contributed by atoms with van der Waals surface area (Å²) < 4.78 is 0. The van der Waals surface area contributed by atoms with Crippen molar-refractivity contribution >= 4 is 0 Å². The Hall–Kier alpha value is -0.300. The van der Waals surface area contributed by atoms with Gasteiger partial charge in [-0.05, 0) is 68.7 Å². The molecule has 1 nitrogen and oxygen atoms in total. The maximum atomic E-state index is 3.20. The Labute approximate surface area is 93.3 Å². The van der Waals surface area contributed by atoms with E-state index in [1.165, 1.54) is 0 Å². The van der Waals surface area contributed by atoms with E-state index in [0.717, 1.165) is 36.1 Å². The Kier molecular flexibility index (Phi) is 2.59. The highest BCUT2D eigenvalue weighted by molar-refractivity contribution is 5.05. The van der Waals surface area contributed by atoms with Crippen LogP contribution in [-0.4, -0.2) is 13.6 Å². The summed E-state index contributed by atoms with van der Waals surface area (Å²) in [6, 6.07) is 0. The molecule has 4 saturated carbocycles. The highest BCUT2D eigenvalue weighted by Gasteiger charge is 2.46. The van der Waals surface area contributed by atoms with Crippen LogP contribution in [0.3, 0.4) is 0 Å². The highest BCUT2D eigenvalue weighted by Crippen LogP contribution is 2.56. The van der Waals surface area contributed by atoms with Crippen LogP contribution in [0, 0.1) is 29.6 Å². The summed E-state index contributed by atoms with van der Waals surface area (Å²) in [7, 11) is 2.03. The summed E-state index contributed by atoms with van der Waals surface area (Å²) >= 11 is 0. The van der Waals surface area contributed by atoms with E-state index < -0.39 is 0 Å². The van der Waals surface area contributed by atoms with Crippen LogP contribution in [0.25, 0.3) is 0 Å². The second-order valence-electron chi connectivity index (χ2n) is 5.99. The van der Waals surface area contributed by atoms with E-state index in [1.807, 2.05) is 7.05 Å². The Morgan fingerprint density at radius 2 is 1.60 bits per heavy atom. The predicted molar refractivity (Wildman–Crippen MR) is 63.6 cm³/mol. The molecule has 0 atom stereocenters. The van der Waals surface area contributed by atoms with Crippen molar-refractivity contribution in [3.05, 3.63) is 12.2 Å². The molecule has 0 saturated heterocycles. The maximum Gasteiger partial charge on any atom is 0.0131 e. The third-order valence-corrected chi connectivity index (χ3v) is 4.98. The van der Waals surface area contributed by atoms with Gasteiger partial charge in [0.2, 0.25) is 0 Å². The molecule has 0 aliphatic heterocycles. The zero-order valence-electron chi connectivity index (χ0n) is 9.78. The van der Waals surface area contributed by atoms with E-state index in [9.17, 15) is 0 Å². The van der Waals surface area contributed by atoms with Crippen molar-refractivity contribution in [2.45, 2.75) is 32.1 Å². The molecule has 1 N–H and O–H groups in total. The first-order chi connectivity index (χ1) is 7.36. The zero-order valence-corrected chi connectivity index (χ0v) is 9.78. The van der Waals surface area contributed by atoms with Crippen LogP contribution in [0.2, 0.25) is 0 Å². The van der Waals surface area contributed by atoms with Crippen molar-refractivity contribution in [3.8, 4) is 0 Å². The predicted octanol–water partition coefficient (Wildman–Crippen LogP) is 2.83. The lowest BCUT2D eigenvalue weighted by Crippen LogP contribution is -2.44. The molecule has 4 bridgehead atoms. The van der Waals surface area contributed by atoms with Gasteiger partial charge in [-0.2, -0.15) is 0 Å². The molecule has 0 aromatic carbocycles. The summed E-state index contributed by atoms with van der Waals surface area (Å²) in [6.07, 6.45) is 12.6. The third kappa shape index (κ3) is 1.75. The number of hydrogen-bond donors (Lipinski definition) is 1. The summed E-state index contributed by atoms with van der Waals surface area (Å²) in [6.45, 7) is 1.04. The molecule has 0 radical (unpaired) electrons. The Morgan fingerprint density at radius 3 is 2.13 bits per heavy atom. The molecule has 0 spiro atoms. The molecule has 0 aromatic heterocycles. The number of hydrogen-bond acceptors (Lipinski definition) is 1. The van der Waals surface area contributed by atoms with Crippen molar-refractivity contribution in [2.75, 3.05) is 13.6 Å². The second-order valence-corrected chi connectivity index (χ2v) is 5.99. The Balaban J connectivity index is 1.69. The summed E-state index contributed by atoms with van der Waals surface area (Å²) in [4.78, 5) is 0. The fourth-order valence-corrected chi connectivity index (χ4v) is 4.62. The molecule has 0 unspecified atom stereocenters. The van der Waals surface area contributed by atoms with Gasteiger partial charge in [-0.3, -0.25) is 0 Å². The van der Waals surface area contributed by atoms with Crippen molar-refractivity contribution in [1.82, 2.24) is 5.32 Å². The summed E-state index contributed by atoms with van der Waals surface area (Å²) in [5, 5.41) is 3.20. The van der Waals surface area contributed by atoms with Gasteiger partial charge in [-0.25, -0.2) is 0 Å². The first-order valence-electron chi connectivity index (χ1n) is 6.68. The lowest BCUT2D eigenvalue weighted by Gasteiger charge is -2.53. The van der Waals surface area contributed by atoms with Crippen LogP contribution in [0.4, 0.5) is 0 Å². The van der Waals surface area contributed by atoms with Gasteiger partial charge >= 0.3 is 0 Å². The van der Waals surface area contributed by atoms with Gasteiger partial charge in [-0.15, -0.1) is 0 Å². The fraction of sp³-hybridized carbons (Fsp3) is 0.857. The lowest BCUT2D eigenvalue weighted by atomic mass is 9.52. The molecule has 4 rings (SSSR count). The van der Waals surface area contributed by atoms with Gasteiger partial charge < -0.3 is 5.32 Å². The van der Waals surface area contributed by atoms with Gasteiger partial charge in [0, 0.05) is 6.54 Å². The average molecular weight is 205 g/mol. The van der Waals surface area contributed by atoms with Gasteiger partial charge in [0.1, 0.15) is 0 Å². The minimum atomic E-state index is 0.936. The normalized spacial score (nSPS) is 47.9. The van der Waals surface area contributed by atoms with Crippen LogP contribution in [-0.2, 0) is 0 Å². The molecular formula is C14H23N. The van der Waals surface area contributed by atoms with E-state index in [1.54, 1.807) is 32.1 Å². The minimum absolute atomic E-state index is 0.936. The third-order valence-electron chi connectivity index (χ3n) is 4.98. The van der Waals surface area contributed by atoms with Crippen LogP contribution in [0.15, 0.2) is 12.2 Å². The van der Waals surface area contributed by atoms with E-state index in [4.69, 9.17) is 0 Å². The van der Waals surface area contributed by atoms with Gasteiger partial charge in [-0.1, -0.05) is 12.2 Å². The molecule has 4 aliphatic rings. The number of likely N-dealkylation sites (N-methyl/N-ethyl adjacent to an activating group) is 1.